The van der Waals surface area contributed by atoms with Crippen LogP contribution in [0, 0.1) is 0 Å². The number of hydrogen-bond donors (Lipinski definition) is 1. The fourth-order valence-electron chi connectivity index (χ4n) is 3.98. The van der Waals surface area contributed by atoms with Gasteiger partial charge >= 0.3 is 0 Å². The molecule has 0 saturated carbocycles. The molecule has 1 aromatic rings. The lowest BCUT2D eigenvalue weighted by molar-refractivity contribution is -0.131. The Balaban J connectivity index is 1.60. The average molecular weight is 403 g/mol. The van der Waals surface area contributed by atoms with Gasteiger partial charge in [-0.15, -0.1) is 0 Å². The maximum Gasteiger partial charge on any atom is 0.253 e. The summed E-state index contributed by atoms with van der Waals surface area (Å²) in [6.07, 6.45) is 4.13. The van der Waals surface area contributed by atoms with Gasteiger partial charge < -0.3 is 24.8 Å². The molecule has 160 valence electrons. The van der Waals surface area contributed by atoms with Crippen molar-refractivity contribution in [2.45, 2.75) is 25.7 Å². The van der Waals surface area contributed by atoms with Crippen molar-refractivity contribution in [2.75, 3.05) is 66.0 Å². The highest BCUT2D eigenvalue weighted by Gasteiger charge is 2.21. The zero-order valence-corrected chi connectivity index (χ0v) is 17.6. The molecule has 0 atom stereocenters. The van der Waals surface area contributed by atoms with Gasteiger partial charge in [0.2, 0.25) is 5.91 Å². The molecule has 29 heavy (non-hydrogen) atoms. The van der Waals surface area contributed by atoms with Gasteiger partial charge in [0.05, 0.1) is 7.11 Å². The minimum absolute atomic E-state index is 0.0160. The maximum absolute atomic E-state index is 13.1. The third kappa shape index (κ3) is 6.44. The largest absolute Gasteiger partial charge is 0.497 e. The maximum atomic E-state index is 13.1. The fourth-order valence-corrected chi connectivity index (χ4v) is 3.98. The zero-order valence-electron chi connectivity index (χ0n) is 17.6. The van der Waals surface area contributed by atoms with E-state index in [2.05, 4.69) is 10.2 Å². The number of nitrogens with zero attached hydrogens (tertiary/aromatic N) is 3. The molecule has 2 amide bonds. The molecule has 1 N–H and O–H groups in total. The Morgan fingerprint density at radius 2 is 1.69 bits per heavy atom. The molecular weight excluding hydrogens is 368 g/mol. The lowest BCUT2D eigenvalue weighted by Crippen LogP contribution is -2.47. The van der Waals surface area contributed by atoms with Gasteiger partial charge in [0.15, 0.2) is 0 Å². The zero-order chi connectivity index (χ0) is 20.5. The number of carbonyl (C=O) groups is 2. The summed E-state index contributed by atoms with van der Waals surface area (Å²) < 4.78 is 5.20. The summed E-state index contributed by atoms with van der Waals surface area (Å²) in [6, 6.07) is 7.21. The summed E-state index contributed by atoms with van der Waals surface area (Å²) in [6.45, 7) is 7.36. The van der Waals surface area contributed by atoms with Gasteiger partial charge in [-0.1, -0.05) is 6.42 Å². The summed E-state index contributed by atoms with van der Waals surface area (Å²) >= 11 is 0. The van der Waals surface area contributed by atoms with Crippen LogP contribution in [0.4, 0.5) is 0 Å². The standard InChI is InChI=1S/C22H34N4O3/c1-29-20-7-5-19(6-8-20)22(28)26(18-17-24-12-3-2-4-13-24)14-9-21(27)25-15-10-23-11-16-25/h5-8,23H,2-4,9-18H2,1H3. The van der Waals surface area contributed by atoms with Crippen LogP contribution in [0.1, 0.15) is 36.0 Å². The fraction of sp³-hybridized carbons (Fsp3) is 0.636. The lowest BCUT2D eigenvalue weighted by Gasteiger charge is -2.31. The van der Waals surface area contributed by atoms with Gasteiger partial charge in [0.1, 0.15) is 5.75 Å². The molecule has 2 fully saturated rings. The minimum Gasteiger partial charge on any atom is -0.497 e. The van der Waals surface area contributed by atoms with E-state index in [0.717, 1.165) is 51.6 Å². The first kappa shape index (κ1) is 21.6. The van der Waals surface area contributed by atoms with E-state index < -0.39 is 0 Å². The van der Waals surface area contributed by atoms with Crippen LogP contribution in [0.15, 0.2) is 24.3 Å². The van der Waals surface area contributed by atoms with Gasteiger partial charge in [0, 0.05) is 57.8 Å². The highest BCUT2D eigenvalue weighted by atomic mass is 16.5. The van der Waals surface area contributed by atoms with Gasteiger partial charge in [-0.2, -0.15) is 0 Å². The molecule has 0 bridgehead atoms. The topological polar surface area (TPSA) is 65.1 Å². The van der Waals surface area contributed by atoms with E-state index in [-0.39, 0.29) is 11.8 Å². The van der Waals surface area contributed by atoms with E-state index in [1.165, 1.54) is 19.3 Å². The number of rotatable bonds is 8. The molecule has 0 spiro atoms. The summed E-state index contributed by atoms with van der Waals surface area (Å²) in [5, 5.41) is 3.27. The van der Waals surface area contributed by atoms with Gasteiger partial charge in [-0.25, -0.2) is 0 Å². The second-order valence-corrected chi connectivity index (χ2v) is 7.80. The van der Waals surface area contributed by atoms with Crippen LogP contribution in [0.25, 0.3) is 0 Å². The number of methoxy groups -OCH3 is 1. The summed E-state index contributed by atoms with van der Waals surface area (Å²) in [7, 11) is 1.61. The molecule has 2 aliphatic heterocycles. The molecule has 0 aromatic heterocycles. The van der Waals surface area contributed by atoms with Crippen molar-refractivity contribution in [2.24, 2.45) is 0 Å². The van der Waals surface area contributed by atoms with Crippen LogP contribution < -0.4 is 10.1 Å². The Kier molecular flexibility index (Phi) is 8.31. The van der Waals surface area contributed by atoms with Crippen LogP contribution in [0.2, 0.25) is 0 Å². The summed E-state index contributed by atoms with van der Waals surface area (Å²) in [5.41, 5.74) is 0.638. The molecule has 2 aliphatic rings. The quantitative estimate of drug-likeness (QED) is 0.713. The van der Waals surface area contributed by atoms with Crippen LogP contribution in [-0.4, -0.2) is 92.5 Å². The summed E-state index contributed by atoms with van der Waals surface area (Å²) in [4.78, 5) is 31.9. The minimum atomic E-state index is -0.0160. The van der Waals surface area contributed by atoms with E-state index >= 15 is 0 Å². The van der Waals surface area contributed by atoms with Crippen molar-refractivity contribution in [1.82, 2.24) is 20.0 Å². The number of amides is 2. The van der Waals surface area contributed by atoms with Crippen molar-refractivity contribution in [3.8, 4) is 5.75 Å². The van der Waals surface area contributed by atoms with Crippen molar-refractivity contribution >= 4 is 11.8 Å². The number of hydrogen-bond acceptors (Lipinski definition) is 5. The average Bonchev–Trinajstić information content (AvgIpc) is 2.80. The second kappa shape index (κ2) is 11.2. The number of ether oxygens (including phenoxy) is 1. The van der Waals surface area contributed by atoms with Crippen molar-refractivity contribution in [3.05, 3.63) is 29.8 Å². The molecular formula is C22H34N4O3. The van der Waals surface area contributed by atoms with E-state index in [1.807, 2.05) is 21.9 Å². The van der Waals surface area contributed by atoms with Gasteiger partial charge in [-0.05, 0) is 50.2 Å². The van der Waals surface area contributed by atoms with E-state index in [1.54, 1.807) is 19.2 Å². The van der Waals surface area contributed by atoms with Crippen molar-refractivity contribution in [1.29, 1.82) is 0 Å². The SMILES string of the molecule is COc1ccc(C(=O)N(CCC(=O)N2CCNCC2)CCN2CCCCC2)cc1. The first-order chi connectivity index (χ1) is 14.2. The van der Waals surface area contributed by atoms with Crippen LogP contribution >= 0.6 is 0 Å². The molecule has 7 nitrogen and oxygen atoms in total. The Morgan fingerprint density at radius 3 is 2.34 bits per heavy atom. The van der Waals surface area contributed by atoms with Crippen LogP contribution in [0.3, 0.4) is 0 Å². The van der Waals surface area contributed by atoms with Crippen LogP contribution in [0.5, 0.6) is 5.75 Å². The van der Waals surface area contributed by atoms with E-state index in [9.17, 15) is 9.59 Å². The van der Waals surface area contributed by atoms with Crippen molar-refractivity contribution < 1.29 is 14.3 Å². The molecule has 3 rings (SSSR count). The van der Waals surface area contributed by atoms with Gasteiger partial charge in [0.25, 0.3) is 5.91 Å². The highest BCUT2D eigenvalue weighted by molar-refractivity contribution is 5.94. The first-order valence-corrected chi connectivity index (χ1v) is 10.8. The molecule has 0 aliphatic carbocycles. The lowest BCUT2D eigenvalue weighted by atomic mass is 10.1. The van der Waals surface area contributed by atoms with E-state index in [4.69, 9.17) is 4.74 Å². The number of likely N-dealkylation sites (tertiary alicyclic amines) is 1. The normalized spacial score (nSPS) is 17.8. The number of piperidine rings is 1. The predicted molar refractivity (Wildman–Crippen MR) is 113 cm³/mol. The summed E-state index contributed by atoms with van der Waals surface area (Å²) in [5.74, 6) is 0.852. The number of benzene rings is 1. The number of nitrogens with one attached hydrogen (secondary N) is 1. The Hall–Kier alpha value is -2.12. The Labute approximate surface area is 174 Å². The van der Waals surface area contributed by atoms with Gasteiger partial charge in [-0.3, -0.25) is 9.59 Å². The first-order valence-electron chi connectivity index (χ1n) is 10.8. The predicted octanol–water partition coefficient (Wildman–Crippen LogP) is 1.45. The highest BCUT2D eigenvalue weighted by Crippen LogP contribution is 2.14. The second-order valence-electron chi connectivity index (χ2n) is 7.80. The number of piperazine rings is 1. The van der Waals surface area contributed by atoms with E-state index in [0.29, 0.717) is 25.1 Å². The third-order valence-electron chi connectivity index (χ3n) is 5.82. The third-order valence-corrected chi connectivity index (χ3v) is 5.82. The Bertz CT molecular complexity index is 653. The molecule has 0 radical (unpaired) electrons. The molecule has 7 heteroatoms. The van der Waals surface area contributed by atoms with Crippen LogP contribution in [-0.2, 0) is 4.79 Å². The molecule has 0 unspecified atom stereocenters. The number of carbonyl (C=O) groups excluding carboxylic acids is 2. The van der Waals surface area contributed by atoms with Crippen molar-refractivity contribution in [3.63, 3.8) is 0 Å². The molecule has 2 saturated heterocycles. The smallest absolute Gasteiger partial charge is 0.253 e. The molecule has 1 aromatic carbocycles. The Morgan fingerprint density at radius 1 is 1.00 bits per heavy atom. The monoisotopic (exact) mass is 402 g/mol. The molecule has 2 heterocycles.